The molecule has 0 amide bonds. The van der Waals surface area contributed by atoms with Crippen LogP contribution in [0.25, 0.3) is 0 Å². The van der Waals surface area contributed by atoms with E-state index in [-0.39, 0.29) is 0 Å². The van der Waals surface area contributed by atoms with Crippen LogP contribution < -0.4 is 16.0 Å². The molecule has 20 heavy (non-hydrogen) atoms. The standard InChI is InChI=1S/C15H23N5/c1-11-15(18-10-17-11)12-5-7-20(8-6-12)14-4-2-3-13(9-16)19-14/h2-4,10-12,15H,5-9,16H2,1H3,(H,17,18). The molecule has 1 fully saturated rings. The first kappa shape index (κ1) is 13.4. The fourth-order valence-electron chi connectivity index (χ4n) is 3.23. The van der Waals surface area contributed by atoms with E-state index in [0.717, 1.165) is 24.6 Å². The molecular weight excluding hydrogens is 250 g/mol. The van der Waals surface area contributed by atoms with Gasteiger partial charge in [0.25, 0.3) is 0 Å². The Balaban J connectivity index is 1.62. The van der Waals surface area contributed by atoms with E-state index >= 15 is 0 Å². The van der Waals surface area contributed by atoms with Crippen LogP contribution in [0.1, 0.15) is 25.5 Å². The van der Waals surface area contributed by atoms with Crippen molar-refractivity contribution in [3.63, 3.8) is 0 Å². The fourth-order valence-corrected chi connectivity index (χ4v) is 3.23. The highest BCUT2D eigenvalue weighted by Crippen LogP contribution is 2.28. The number of hydrogen-bond donors (Lipinski definition) is 2. The number of rotatable bonds is 3. The van der Waals surface area contributed by atoms with Crippen LogP contribution in [0.2, 0.25) is 0 Å². The van der Waals surface area contributed by atoms with Crippen molar-refractivity contribution in [1.29, 1.82) is 0 Å². The number of anilines is 1. The zero-order valence-electron chi connectivity index (χ0n) is 12.0. The molecule has 0 bridgehead atoms. The minimum Gasteiger partial charge on any atom is -0.372 e. The van der Waals surface area contributed by atoms with E-state index in [4.69, 9.17) is 5.73 Å². The van der Waals surface area contributed by atoms with Gasteiger partial charge in [-0.05, 0) is 37.8 Å². The zero-order valence-corrected chi connectivity index (χ0v) is 12.0. The highest BCUT2D eigenvalue weighted by atomic mass is 15.2. The highest BCUT2D eigenvalue weighted by molar-refractivity contribution is 5.58. The average Bonchev–Trinajstić information content (AvgIpc) is 2.94. The van der Waals surface area contributed by atoms with Crippen molar-refractivity contribution < 1.29 is 0 Å². The van der Waals surface area contributed by atoms with Crippen LogP contribution in [0.5, 0.6) is 0 Å². The SMILES string of the molecule is CC1NC=NC1C1CCN(c2cccc(CN)n2)CC1. The van der Waals surface area contributed by atoms with E-state index < -0.39 is 0 Å². The van der Waals surface area contributed by atoms with Gasteiger partial charge in [0.05, 0.1) is 18.1 Å². The maximum absolute atomic E-state index is 5.66. The molecule has 2 atom stereocenters. The fraction of sp³-hybridized carbons (Fsp3) is 0.600. The third-order valence-corrected chi connectivity index (χ3v) is 4.44. The second kappa shape index (κ2) is 5.79. The maximum atomic E-state index is 5.66. The van der Waals surface area contributed by atoms with Crippen molar-refractivity contribution in [2.75, 3.05) is 18.0 Å². The molecule has 3 N–H and O–H groups in total. The lowest BCUT2D eigenvalue weighted by molar-refractivity contribution is 0.317. The summed E-state index contributed by atoms with van der Waals surface area (Å²) in [5.74, 6) is 1.75. The highest BCUT2D eigenvalue weighted by Gasteiger charge is 2.31. The minimum atomic E-state index is 0.445. The van der Waals surface area contributed by atoms with Crippen molar-refractivity contribution in [1.82, 2.24) is 10.3 Å². The molecule has 108 valence electrons. The lowest BCUT2D eigenvalue weighted by Gasteiger charge is -2.35. The average molecular weight is 273 g/mol. The third kappa shape index (κ3) is 2.63. The molecule has 2 aliphatic heterocycles. The Bertz CT molecular complexity index is 479. The van der Waals surface area contributed by atoms with Gasteiger partial charge in [0, 0.05) is 25.7 Å². The largest absolute Gasteiger partial charge is 0.372 e. The summed E-state index contributed by atoms with van der Waals surface area (Å²) in [7, 11) is 0. The van der Waals surface area contributed by atoms with Gasteiger partial charge < -0.3 is 16.0 Å². The first-order chi connectivity index (χ1) is 9.78. The molecule has 0 radical (unpaired) electrons. The van der Waals surface area contributed by atoms with Crippen LogP contribution in [-0.4, -0.2) is 36.5 Å². The minimum absolute atomic E-state index is 0.445. The zero-order chi connectivity index (χ0) is 13.9. The number of hydrogen-bond acceptors (Lipinski definition) is 5. The van der Waals surface area contributed by atoms with E-state index in [2.05, 4.69) is 33.2 Å². The van der Waals surface area contributed by atoms with Gasteiger partial charge in [0.2, 0.25) is 0 Å². The maximum Gasteiger partial charge on any atom is 0.128 e. The first-order valence-corrected chi connectivity index (χ1v) is 7.46. The third-order valence-electron chi connectivity index (χ3n) is 4.44. The number of pyridine rings is 1. The number of nitrogens with zero attached hydrogens (tertiary/aromatic N) is 3. The molecule has 0 spiro atoms. The van der Waals surface area contributed by atoms with Gasteiger partial charge in [-0.15, -0.1) is 0 Å². The quantitative estimate of drug-likeness (QED) is 0.867. The molecule has 1 aromatic rings. The monoisotopic (exact) mass is 273 g/mol. The lowest BCUT2D eigenvalue weighted by Crippen LogP contribution is -2.41. The predicted octanol–water partition coefficient (Wildman–Crippen LogP) is 1.15. The normalized spacial score (nSPS) is 26.8. The first-order valence-electron chi connectivity index (χ1n) is 7.46. The van der Waals surface area contributed by atoms with Crippen LogP contribution in [0.15, 0.2) is 23.2 Å². The van der Waals surface area contributed by atoms with E-state index in [1.165, 1.54) is 12.8 Å². The summed E-state index contributed by atoms with van der Waals surface area (Å²) in [6, 6.07) is 7.03. The molecule has 1 aromatic heterocycles. The molecule has 3 heterocycles. The molecular formula is C15H23N5. The molecule has 0 aliphatic carbocycles. The van der Waals surface area contributed by atoms with Gasteiger partial charge in [0.1, 0.15) is 5.82 Å². The summed E-state index contributed by atoms with van der Waals surface area (Å²) in [5.41, 5.74) is 6.63. The van der Waals surface area contributed by atoms with Crippen LogP contribution in [0.4, 0.5) is 5.82 Å². The van der Waals surface area contributed by atoms with Gasteiger partial charge in [-0.3, -0.25) is 4.99 Å². The molecule has 2 aliphatic rings. The van der Waals surface area contributed by atoms with Gasteiger partial charge in [-0.1, -0.05) is 6.07 Å². The number of aromatic nitrogens is 1. The second-order valence-electron chi connectivity index (χ2n) is 5.74. The van der Waals surface area contributed by atoms with Crippen LogP contribution in [0.3, 0.4) is 0 Å². The topological polar surface area (TPSA) is 66.5 Å². The van der Waals surface area contributed by atoms with Gasteiger partial charge in [-0.25, -0.2) is 4.98 Å². The van der Waals surface area contributed by atoms with Crippen molar-refractivity contribution in [2.24, 2.45) is 16.6 Å². The predicted molar refractivity (Wildman–Crippen MR) is 81.9 cm³/mol. The Morgan fingerprint density at radius 2 is 2.15 bits per heavy atom. The van der Waals surface area contributed by atoms with Crippen LogP contribution in [0, 0.1) is 5.92 Å². The van der Waals surface area contributed by atoms with Crippen molar-refractivity contribution >= 4 is 12.2 Å². The molecule has 2 unspecified atom stereocenters. The molecule has 0 saturated carbocycles. The summed E-state index contributed by atoms with van der Waals surface area (Å²) >= 11 is 0. The summed E-state index contributed by atoms with van der Waals surface area (Å²) in [5, 5.41) is 3.29. The molecule has 5 nitrogen and oxygen atoms in total. The van der Waals surface area contributed by atoms with E-state index in [9.17, 15) is 0 Å². The Labute approximate surface area is 120 Å². The molecule has 1 saturated heterocycles. The summed E-state index contributed by atoms with van der Waals surface area (Å²) in [6.07, 6.45) is 4.24. The second-order valence-corrected chi connectivity index (χ2v) is 5.74. The Hall–Kier alpha value is -1.62. The van der Waals surface area contributed by atoms with Crippen LogP contribution in [-0.2, 0) is 6.54 Å². The van der Waals surface area contributed by atoms with E-state index in [1.54, 1.807) is 0 Å². The van der Waals surface area contributed by atoms with Crippen molar-refractivity contribution in [3.05, 3.63) is 23.9 Å². The molecule has 3 rings (SSSR count). The summed E-state index contributed by atoms with van der Waals surface area (Å²) in [4.78, 5) is 11.6. The van der Waals surface area contributed by atoms with Gasteiger partial charge >= 0.3 is 0 Å². The van der Waals surface area contributed by atoms with Gasteiger partial charge in [0.15, 0.2) is 0 Å². The van der Waals surface area contributed by atoms with Crippen molar-refractivity contribution in [2.45, 2.75) is 38.4 Å². The lowest BCUT2D eigenvalue weighted by atomic mass is 9.86. The van der Waals surface area contributed by atoms with E-state index in [1.807, 2.05) is 18.5 Å². The number of nitrogens with one attached hydrogen (secondary N) is 1. The Kier molecular flexibility index (Phi) is 3.87. The van der Waals surface area contributed by atoms with Gasteiger partial charge in [-0.2, -0.15) is 0 Å². The Morgan fingerprint density at radius 3 is 2.80 bits per heavy atom. The smallest absolute Gasteiger partial charge is 0.128 e. The summed E-state index contributed by atoms with van der Waals surface area (Å²) < 4.78 is 0. The number of nitrogens with two attached hydrogens (primary N) is 1. The number of aliphatic imine (C=N–C) groups is 1. The molecule has 5 heteroatoms. The molecule has 0 aromatic carbocycles. The number of piperidine rings is 1. The Morgan fingerprint density at radius 1 is 1.35 bits per heavy atom. The summed E-state index contributed by atoms with van der Waals surface area (Å²) in [6.45, 7) is 4.84. The van der Waals surface area contributed by atoms with Crippen molar-refractivity contribution in [3.8, 4) is 0 Å². The van der Waals surface area contributed by atoms with Crippen LogP contribution >= 0.6 is 0 Å². The van der Waals surface area contributed by atoms with E-state index in [0.29, 0.717) is 24.5 Å².